The molecule has 3 rings (SSSR count). The maximum absolute atomic E-state index is 11.0. The van der Waals surface area contributed by atoms with E-state index < -0.39 is 5.97 Å². The van der Waals surface area contributed by atoms with Crippen LogP contribution in [0.1, 0.15) is 11.3 Å². The second-order valence-electron chi connectivity index (χ2n) is 5.04. The molecule has 0 radical (unpaired) electrons. The van der Waals surface area contributed by atoms with Crippen LogP contribution in [0.4, 0.5) is 0 Å². The van der Waals surface area contributed by atoms with Gasteiger partial charge in [-0.1, -0.05) is 30.3 Å². The Morgan fingerprint density at radius 3 is 2.82 bits per heavy atom. The highest BCUT2D eigenvalue weighted by molar-refractivity contribution is 5.85. The highest BCUT2D eigenvalue weighted by Gasteiger charge is 2.13. The van der Waals surface area contributed by atoms with Gasteiger partial charge in [0.2, 0.25) is 0 Å². The largest absolute Gasteiger partial charge is 0.497 e. The highest BCUT2D eigenvalue weighted by Crippen LogP contribution is 2.21. The monoisotopic (exact) mass is 296 g/mol. The number of carbonyl (C=O) groups is 1. The van der Waals surface area contributed by atoms with Crippen molar-refractivity contribution in [1.82, 2.24) is 9.78 Å². The van der Waals surface area contributed by atoms with Crippen LogP contribution in [-0.2, 0) is 17.8 Å². The predicted molar refractivity (Wildman–Crippen MR) is 83.2 cm³/mol. The van der Waals surface area contributed by atoms with E-state index in [0.717, 1.165) is 22.2 Å². The van der Waals surface area contributed by atoms with Crippen molar-refractivity contribution in [1.29, 1.82) is 0 Å². The smallest absolute Gasteiger partial charge is 0.309 e. The summed E-state index contributed by atoms with van der Waals surface area (Å²) in [6, 6.07) is 15.4. The second-order valence-corrected chi connectivity index (χ2v) is 5.04. The Balaban J connectivity index is 2.01. The first kappa shape index (κ1) is 14.1. The minimum atomic E-state index is -0.878. The highest BCUT2D eigenvalue weighted by atomic mass is 16.5. The molecule has 0 atom stereocenters. The summed E-state index contributed by atoms with van der Waals surface area (Å²) in [7, 11) is 1.63. The topological polar surface area (TPSA) is 64.4 Å². The molecule has 5 heteroatoms. The molecule has 1 heterocycles. The Hall–Kier alpha value is -2.82. The van der Waals surface area contributed by atoms with E-state index in [1.165, 1.54) is 0 Å². The lowest BCUT2D eigenvalue weighted by molar-refractivity contribution is -0.136. The minimum Gasteiger partial charge on any atom is -0.497 e. The van der Waals surface area contributed by atoms with E-state index in [2.05, 4.69) is 5.10 Å². The van der Waals surface area contributed by atoms with Crippen LogP contribution in [0.3, 0.4) is 0 Å². The van der Waals surface area contributed by atoms with Crippen LogP contribution in [0.15, 0.2) is 48.5 Å². The Morgan fingerprint density at radius 2 is 2.05 bits per heavy atom. The van der Waals surface area contributed by atoms with E-state index in [4.69, 9.17) is 9.84 Å². The summed E-state index contributed by atoms with van der Waals surface area (Å²) in [6.45, 7) is 0.567. The number of ether oxygens (including phenoxy) is 1. The molecule has 0 spiro atoms. The molecule has 2 aromatic carbocycles. The van der Waals surface area contributed by atoms with Crippen molar-refractivity contribution in [3.63, 3.8) is 0 Å². The van der Waals surface area contributed by atoms with Gasteiger partial charge in [0.25, 0.3) is 0 Å². The van der Waals surface area contributed by atoms with Crippen molar-refractivity contribution >= 4 is 16.9 Å². The zero-order valence-electron chi connectivity index (χ0n) is 12.2. The van der Waals surface area contributed by atoms with E-state index in [1.807, 2.05) is 53.2 Å². The lowest BCUT2D eigenvalue weighted by Gasteiger charge is -2.06. The Labute approximate surface area is 127 Å². The molecular formula is C17H16N2O3. The lowest BCUT2D eigenvalue weighted by Crippen LogP contribution is -2.05. The van der Waals surface area contributed by atoms with Gasteiger partial charge in [0.1, 0.15) is 5.75 Å². The maximum atomic E-state index is 11.0. The zero-order valence-corrected chi connectivity index (χ0v) is 12.2. The first-order valence-corrected chi connectivity index (χ1v) is 6.96. The van der Waals surface area contributed by atoms with Gasteiger partial charge in [-0.05, 0) is 23.8 Å². The summed E-state index contributed by atoms with van der Waals surface area (Å²) >= 11 is 0. The molecule has 0 amide bonds. The van der Waals surface area contributed by atoms with Crippen molar-refractivity contribution in [2.45, 2.75) is 13.0 Å². The van der Waals surface area contributed by atoms with Crippen LogP contribution in [0.2, 0.25) is 0 Å². The molecule has 0 aliphatic heterocycles. The normalized spacial score (nSPS) is 10.8. The summed E-state index contributed by atoms with van der Waals surface area (Å²) in [5.74, 6) is -0.0866. The maximum Gasteiger partial charge on any atom is 0.309 e. The second kappa shape index (κ2) is 5.89. The first-order valence-electron chi connectivity index (χ1n) is 6.96. The molecule has 0 saturated carbocycles. The van der Waals surface area contributed by atoms with E-state index in [9.17, 15) is 4.79 Å². The Bertz CT molecular complexity index is 824. The molecule has 0 aliphatic rings. The van der Waals surface area contributed by atoms with E-state index in [0.29, 0.717) is 12.2 Å². The standard InChI is InChI=1S/C17H16N2O3/c1-22-13-6-4-5-12(9-13)11-19-16-8-3-2-7-14(16)15(18-19)10-17(20)21/h2-9H,10-11H2,1H3,(H,20,21). The number of fused-ring (bicyclic) bond motifs is 1. The van der Waals surface area contributed by atoms with Crippen LogP contribution in [0.5, 0.6) is 5.75 Å². The van der Waals surface area contributed by atoms with Crippen molar-refractivity contribution in [3.05, 3.63) is 59.8 Å². The van der Waals surface area contributed by atoms with Crippen LogP contribution in [0.25, 0.3) is 10.9 Å². The molecule has 1 aromatic heterocycles. The van der Waals surface area contributed by atoms with E-state index in [1.54, 1.807) is 7.11 Å². The summed E-state index contributed by atoms with van der Waals surface area (Å²) in [4.78, 5) is 11.0. The number of carboxylic acids is 1. The number of nitrogens with zero attached hydrogens (tertiary/aromatic N) is 2. The fourth-order valence-electron chi connectivity index (χ4n) is 2.53. The molecule has 3 aromatic rings. The fraction of sp³-hybridized carbons (Fsp3) is 0.176. The van der Waals surface area contributed by atoms with Crippen LogP contribution < -0.4 is 4.74 Å². The quantitative estimate of drug-likeness (QED) is 0.786. The molecule has 0 saturated heterocycles. The number of benzene rings is 2. The number of carboxylic acid groups (broad SMARTS) is 1. The number of rotatable bonds is 5. The number of para-hydroxylation sites is 1. The molecule has 0 unspecified atom stereocenters. The predicted octanol–water partition coefficient (Wildman–Crippen LogP) is 2.72. The molecule has 0 fully saturated rings. The van der Waals surface area contributed by atoms with Gasteiger partial charge in [-0.2, -0.15) is 5.10 Å². The van der Waals surface area contributed by atoms with Crippen molar-refractivity contribution < 1.29 is 14.6 Å². The van der Waals surface area contributed by atoms with Crippen molar-refractivity contribution in [2.24, 2.45) is 0 Å². The average Bonchev–Trinajstić information content (AvgIpc) is 2.85. The van der Waals surface area contributed by atoms with Gasteiger partial charge in [0, 0.05) is 5.39 Å². The summed E-state index contributed by atoms with van der Waals surface area (Å²) < 4.78 is 7.07. The molecule has 22 heavy (non-hydrogen) atoms. The van der Waals surface area contributed by atoms with Gasteiger partial charge in [-0.3, -0.25) is 9.48 Å². The molecular weight excluding hydrogens is 280 g/mol. The van der Waals surface area contributed by atoms with E-state index >= 15 is 0 Å². The Kier molecular flexibility index (Phi) is 3.78. The lowest BCUT2D eigenvalue weighted by atomic mass is 10.1. The van der Waals surface area contributed by atoms with Gasteiger partial charge in [-0.15, -0.1) is 0 Å². The molecule has 1 N–H and O–H groups in total. The van der Waals surface area contributed by atoms with Crippen LogP contribution >= 0.6 is 0 Å². The third-order valence-electron chi connectivity index (χ3n) is 3.52. The Morgan fingerprint density at radius 1 is 1.23 bits per heavy atom. The van der Waals surface area contributed by atoms with Gasteiger partial charge in [0.05, 0.1) is 31.3 Å². The number of methoxy groups -OCH3 is 1. The third-order valence-corrected chi connectivity index (χ3v) is 3.52. The van der Waals surface area contributed by atoms with Crippen LogP contribution in [-0.4, -0.2) is 28.0 Å². The van der Waals surface area contributed by atoms with Gasteiger partial charge in [0.15, 0.2) is 0 Å². The SMILES string of the molecule is COc1cccc(Cn2nc(CC(=O)O)c3ccccc32)c1. The minimum absolute atomic E-state index is 0.0778. The number of aromatic nitrogens is 2. The summed E-state index contributed by atoms with van der Waals surface area (Å²) in [6.07, 6.45) is -0.0778. The summed E-state index contributed by atoms with van der Waals surface area (Å²) in [5.41, 5.74) is 2.57. The zero-order chi connectivity index (χ0) is 15.5. The molecule has 0 bridgehead atoms. The molecule has 112 valence electrons. The first-order chi connectivity index (χ1) is 10.7. The fourth-order valence-corrected chi connectivity index (χ4v) is 2.53. The number of hydrogen-bond acceptors (Lipinski definition) is 3. The van der Waals surface area contributed by atoms with Crippen molar-refractivity contribution in [2.75, 3.05) is 7.11 Å². The van der Waals surface area contributed by atoms with Crippen LogP contribution in [0, 0.1) is 0 Å². The number of hydrogen-bond donors (Lipinski definition) is 1. The molecule has 5 nitrogen and oxygen atoms in total. The van der Waals surface area contributed by atoms with Crippen molar-refractivity contribution in [3.8, 4) is 5.75 Å². The third kappa shape index (κ3) is 2.79. The van der Waals surface area contributed by atoms with Gasteiger partial charge >= 0.3 is 5.97 Å². The van der Waals surface area contributed by atoms with Gasteiger partial charge in [-0.25, -0.2) is 0 Å². The van der Waals surface area contributed by atoms with Gasteiger partial charge < -0.3 is 9.84 Å². The summed E-state index contributed by atoms with van der Waals surface area (Å²) in [5, 5.41) is 14.4. The van der Waals surface area contributed by atoms with E-state index in [-0.39, 0.29) is 6.42 Å². The average molecular weight is 296 g/mol. The molecule has 0 aliphatic carbocycles. The number of aliphatic carboxylic acids is 1.